The summed E-state index contributed by atoms with van der Waals surface area (Å²) in [6.07, 6.45) is 2.20. The predicted octanol–water partition coefficient (Wildman–Crippen LogP) is 3.94. The van der Waals surface area contributed by atoms with Crippen molar-refractivity contribution in [3.05, 3.63) is 65.6 Å². The lowest BCUT2D eigenvalue weighted by Gasteiger charge is -2.20. The van der Waals surface area contributed by atoms with Crippen LogP contribution in [0.1, 0.15) is 25.0 Å². The number of carbonyl (C=O) groups excluding carboxylic acids is 2. The molecule has 6 heteroatoms. The van der Waals surface area contributed by atoms with Gasteiger partial charge in [-0.2, -0.15) is 0 Å². The molecule has 0 fully saturated rings. The van der Waals surface area contributed by atoms with Crippen molar-refractivity contribution in [1.82, 2.24) is 10.3 Å². The Morgan fingerprint density at radius 2 is 1.86 bits per heavy atom. The Morgan fingerprint density at radius 3 is 2.57 bits per heavy atom. The quantitative estimate of drug-likeness (QED) is 0.605. The molecule has 3 aromatic rings. The number of aromatic amines is 1. The molecule has 0 radical (unpaired) electrons. The van der Waals surface area contributed by atoms with Gasteiger partial charge in [-0.3, -0.25) is 9.59 Å². The molecule has 0 spiro atoms. The first kappa shape index (κ1) is 19.6. The highest BCUT2D eigenvalue weighted by Gasteiger charge is 2.24. The van der Waals surface area contributed by atoms with Gasteiger partial charge in [0.15, 0.2) is 0 Å². The smallest absolute Gasteiger partial charge is 0.247 e. The summed E-state index contributed by atoms with van der Waals surface area (Å²) in [5.74, 6) is -1.14. The van der Waals surface area contributed by atoms with Gasteiger partial charge in [0.2, 0.25) is 11.8 Å². The Kier molecular flexibility index (Phi) is 5.78. The summed E-state index contributed by atoms with van der Waals surface area (Å²) in [6.45, 7) is 5.28. The van der Waals surface area contributed by atoms with Crippen LogP contribution in [-0.2, 0) is 16.0 Å². The van der Waals surface area contributed by atoms with E-state index in [0.29, 0.717) is 17.7 Å². The number of nitrogens with one attached hydrogen (secondary N) is 3. The number of benzene rings is 2. The van der Waals surface area contributed by atoms with Gasteiger partial charge in [-0.25, -0.2) is 4.39 Å². The molecule has 1 heterocycles. The van der Waals surface area contributed by atoms with Crippen molar-refractivity contribution >= 4 is 28.4 Å². The van der Waals surface area contributed by atoms with Gasteiger partial charge in [0, 0.05) is 35.1 Å². The molecule has 5 nitrogen and oxygen atoms in total. The molecule has 146 valence electrons. The number of amides is 2. The molecule has 2 aromatic carbocycles. The molecule has 1 unspecified atom stereocenters. The zero-order valence-corrected chi connectivity index (χ0v) is 16.2. The van der Waals surface area contributed by atoms with Crippen molar-refractivity contribution in [1.29, 1.82) is 0 Å². The van der Waals surface area contributed by atoms with E-state index in [2.05, 4.69) is 15.6 Å². The standard InChI is InChI=1S/C22H24FN3O2/c1-13(2)21(27)26-20(11-15-12-24-19-7-5-4-6-17(15)19)22(28)25-18-9-8-16(23)10-14(18)3/h4-10,12-13,20,24H,11H2,1-3H3,(H,25,28)(H,26,27). The Balaban J connectivity index is 1.85. The lowest BCUT2D eigenvalue weighted by Crippen LogP contribution is -2.46. The van der Waals surface area contributed by atoms with E-state index in [0.717, 1.165) is 16.5 Å². The average Bonchev–Trinajstić information content (AvgIpc) is 3.06. The first-order valence-electron chi connectivity index (χ1n) is 9.27. The van der Waals surface area contributed by atoms with E-state index in [1.54, 1.807) is 20.8 Å². The monoisotopic (exact) mass is 381 g/mol. The molecule has 1 atom stereocenters. The lowest BCUT2D eigenvalue weighted by molar-refractivity contribution is -0.128. The van der Waals surface area contributed by atoms with Crippen LogP contribution < -0.4 is 10.6 Å². The van der Waals surface area contributed by atoms with E-state index in [1.165, 1.54) is 18.2 Å². The van der Waals surface area contributed by atoms with E-state index in [9.17, 15) is 14.0 Å². The molecular weight excluding hydrogens is 357 g/mol. The minimum atomic E-state index is -0.751. The van der Waals surface area contributed by atoms with Gasteiger partial charge in [-0.05, 0) is 42.3 Å². The number of halogens is 1. The van der Waals surface area contributed by atoms with Crippen LogP contribution in [-0.4, -0.2) is 22.8 Å². The minimum absolute atomic E-state index is 0.198. The van der Waals surface area contributed by atoms with Crippen molar-refractivity contribution in [2.24, 2.45) is 5.92 Å². The molecule has 1 aromatic heterocycles. The normalized spacial score (nSPS) is 12.2. The molecular formula is C22H24FN3O2. The number of hydrogen-bond acceptors (Lipinski definition) is 2. The van der Waals surface area contributed by atoms with Crippen molar-refractivity contribution in [2.75, 3.05) is 5.32 Å². The summed E-state index contributed by atoms with van der Waals surface area (Å²) < 4.78 is 13.3. The Labute approximate surface area is 163 Å². The maximum atomic E-state index is 13.3. The maximum absolute atomic E-state index is 13.3. The Hall–Kier alpha value is -3.15. The fraction of sp³-hybridized carbons (Fsp3) is 0.273. The third kappa shape index (κ3) is 4.39. The molecule has 0 saturated heterocycles. The van der Waals surface area contributed by atoms with Crippen molar-refractivity contribution in [3.8, 4) is 0 Å². The lowest BCUT2D eigenvalue weighted by atomic mass is 10.0. The Bertz CT molecular complexity index is 1010. The summed E-state index contributed by atoms with van der Waals surface area (Å²) >= 11 is 0. The molecule has 0 aliphatic heterocycles. The first-order chi connectivity index (χ1) is 13.3. The summed E-state index contributed by atoms with van der Waals surface area (Å²) in [4.78, 5) is 28.4. The molecule has 0 saturated carbocycles. The fourth-order valence-electron chi connectivity index (χ4n) is 3.06. The Morgan fingerprint density at radius 1 is 1.11 bits per heavy atom. The summed E-state index contributed by atoms with van der Waals surface area (Å²) in [5.41, 5.74) is 3.06. The second-order valence-electron chi connectivity index (χ2n) is 7.23. The number of carbonyl (C=O) groups is 2. The van der Waals surface area contributed by atoms with Gasteiger partial charge in [-0.1, -0.05) is 32.0 Å². The van der Waals surface area contributed by atoms with E-state index < -0.39 is 6.04 Å². The maximum Gasteiger partial charge on any atom is 0.247 e. The van der Waals surface area contributed by atoms with Crippen LogP contribution >= 0.6 is 0 Å². The van der Waals surface area contributed by atoms with E-state index >= 15 is 0 Å². The number of hydrogen-bond donors (Lipinski definition) is 3. The molecule has 3 rings (SSSR count). The zero-order valence-electron chi connectivity index (χ0n) is 16.2. The highest BCUT2D eigenvalue weighted by atomic mass is 19.1. The molecule has 2 amide bonds. The summed E-state index contributed by atoms with van der Waals surface area (Å²) in [5, 5.41) is 6.65. The first-order valence-corrected chi connectivity index (χ1v) is 9.27. The summed E-state index contributed by atoms with van der Waals surface area (Å²) in [7, 11) is 0. The number of fused-ring (bicyclic) bond motifs is 1. The van der Waals surface area contributed by atoms with E-state index in [1.807, 2.05) is 30.5 Å². The van der Waals surface area contributed by atoms with Crippen LogP contribution in [0.2, 0.25) is 0 Å². The number of anilines is 1. The van der Waals surface area contributed by atoms with Crippen molar-refractivity contribution in [2.45, 2.75) is 33.2 Å². The van der Waals surface area contributed by atoms with Gasteiger partial charge in [0.1, 0.15) is 11.9 Å². The van der Waals surface area contributed by atoms with E-state index in [-0.39, 0.29) is 23.5 Å². The van der Waals surface area contributed by atoms with Crippen molar-refractivity contribution in [3.63, 3.8) is 0 Å². The SMILES string of the molecule is Cc1cc(F)ccc1NC(=O)C(Cc1c[nH]c2ccccc12)NC(=O)C(C)C. The van der Waals surface area contributed by atoms with Crippen LogP contribution in [0, 0.1) is 18.7 Å². The average molecular weight is 381 g/mol. The summed E-state index contributed by atoms with van der Waals surface area (Å²) in [6, 6.07) is 11.2. The van der Waals surface area contributed by atoms with Gasteiger partial charge < -0.3 is 15.6 Å². The van der Waals surface area contributed by atoms with Crippen LogP contribution in [0.4, 0.5) is 10.1 Å². The second-order valence-corrected chi connectivity index (χ2v) is 7.23. The fourth-order valence-corrected chi connectivity index (χ4v) is 3.06. The number of aromatic nitrogens is 1. The van der Waals surface area contributed by atoms with Gasteiger partial charge in [0.25, 0.3) is 0 Å². The highest BCUT2D eigenvalue weighted by molar-refractivity contribution is 5.98. The third-order valence-corrected chi connectivity index (χ3v) is 4.70. The number of rotatable bonds is 6. The molecule has 0 aliphatic rings. The molecule has 28 heavy (non-hydrogen) atoms. The van der Waals surface area contributed by atoms with Crippen LogP contribution in [0.5, 0.6) is 0 Å². The third-order valence-electron chi connectivity index (χ3n) is 4.70. The second kappa shape index (κ2) is 8.25. The topological polar surface area (TPSA) is 74.0 Å². The molecule has 0 bridgehead atoms. The van der Waals surface area contributed by atoms with Gasteiger partial charge in [-0.15, -0.1) is 0 Å². The number of para-hydroxylation sites is 1. The van der Waals surface area contributed by atoms with Crippen molar-refractivity contribution < 1.29 is 14.0 Å². The molecule has 0 aliphatic carbocycles. The zero-order chi connectivity index (χ0) is 20.3. The molecule has 3 N–H and O–H groups in total. The van der Waals surface area contributed by atoms with E-state index in [4.69, 9.17) is 0 Å². The predicted molar refractivity (Wildman–Crippen MR) is 109 cm³/mol. The van der Waals surface area contributed by atoms with Gasteiger partial charge >= 0.3 is 0 Å². The number of aryl methyl sites for hydroxylation is 1. The van der Waals surface area contributed by atoms with Crippen LogP contribution in [0.3, 0.4) is 0 Å². The minimum Gasteiger partial charge on any atom is -0.361 e. The highest BCUT2D eigenvalue weighted by Crippen LogP contribution is 2.21. The largest absolute Gasteiger partial charge is 0.361 e. The van der Waals surface area contributed by atoms with Crippen LogP contribution in [0.25, 0.3) is 10.9 Å². The number of H-pyrrole nitrogens is 1. The van der Waals surface area contributed by atoms with Crippen LogP contribution in [0.15, 0.2) is 48.7 Å². The van der Waals surface area contributed by atoms with Gasteiger partial charge in [0.05, 0.1) is 0 Å².